The van der Waals surface area contributed by atoms with Gasteiger partial charge in [0.1, 0.15) is 18.5 Å². The number of benzene rings is 1. The average molecular weight is 373 g/mol. The van der Waals surface area contributed by atoms with Gasteiger partial charge in [-0.3, -0.25) is 4.79 Å². The quantitative estimate of drug-likeness (QED) is 0.651. The molecule has 0 saturated carbocycles. The number of hydrogen-bond donors (Lipinski definition) is 3. The van der Waals surface area contributed by atoms with Crippen LogP contribution in [-0.4, -0.2) is 35.8 Å². The van der Waals surface area contributed by atoms with Crippen molar-refractivity contribution in [1.82, 2.24) is 5.32 Å². The van der Waals surface area contributed by atoms with E-state index in [1.54, 1.807) is 24.3 Å². The number of aliphatic hydroxyl groups excluding tert-OH is 1. The van der Waals surface area contributed by atoms with Crippen LogP contribution in [0.1, 0.15) is 48.0 Å². The molecule has 1 aromatic carbocycles. The Kier molecular flexibility index (Phi) is 9.48. The lowest BCUT2D eigenvalue weighted by Crippen LogP contribution is -2.46. The fourth-order valence-electron chi connectivity index (χ4n) is 2.87. The molecule has 0 aliphatic rings. The van der Waals surface area contributed by atoms with Gasteiger partial charge in [-0.05, 0) is 49.9 Å². The molecule has 1 amide bonds. The van der Waals surface area contributed by atoms with Crippen molar-refractivity contribution in [3.8, 4) is 5.75 Å². The van der Waals surface area contributed by atoms with Gasteiger partial charge in [-0.15, -0.1) is 12.4 Å². The third-order valence-corrected chi connectivity index (χ3v) is 3.41. The molecule has 3 N–H and O–H groups in total. The van der Waals surface area contributed by atoms with Crippen molar-refractivity contribution >= 4 is 24.0 Å². The van der Waals surface area contributed by atoms with E-state index in [-0.39, 0.29) is 35.9 Å². The minimum atomic E-state index is -0.584. The lowest BCUT2D eigenvalue weighted by molar-refractivity contribution is -0.114. The zero-order valence-electron chi connectivity index (χ0n) is 16.2. The molecular formula is C19H33ClN2O3. The Bertz CT molecular complexity index is 524. The molecule has 1 unspecified atom stereocenters. The summed E-state index contributed by atoms with van der Waals surface area (Å²) in [6.45, 7) is 13.1. The highest BCUT2D eigenvalue weighted by molar-refractivity contribution is 5.88. The molecule has 0 heterocycles. The minimum absolute atomic E-state index is 0. The van der Waals surface area contributed by atoms with E-state index in [9.17, 15) is 9.90 Å². The zero-order valence-corrected chi connectivity index (χ0v) is 17.0. The molecule has 0 spiro atoms. The highest BCUT2D eigenvalue weighted by atomic mass is 35.5. The second kappa shape index (κ2) is 10.00. The van der Waals surface area contributed by atoms with Gasteiger partial charge in [-0.25, -0.2) is 0 Å². The predicted octanol–water partition coefficient (Wildman–Crippen LogP) is 3.61. The number of anilines is 1. The van der Waals surface area contributed by atoms with E-state index >= 15 is 0 Å². The van der Waals surface area contributed by atoms with Crippen molar-refractivity contribution in [2.24, 2.45) is 5.41 Å². The summed E-state index contributed by atoms with van der Waals surface area (Å²) in [7, 11) is 0. The van der Waals surface area contributed by atoms with Crippen molar-refractivity contribution < 1.29 is 14.6 Å². The lowest BCUT2D eigenvalue weighted by atomic mass is 9.82. The number of carbonyl (C=O) groups excluding carboxylic acids is 1. The van der Waals surface area contributed by atoms with Crippen LogP contribution in [0, 0.1) is 5.41 Å². The number of carbonyl (C=O) groups is 1. The Balaban J connectivity index is 0.00000576. The highest BCUT2D eigenvalue weighted by Crippen LogP contribution is 2.26. The van der Waals surface area contributed by atoms with E-state index in [0.717, 1.165) is 12.1 Å². The van der Waals surface area contributed by atoms with Crippen LogP contribution < -0.4 is 15.4 Å². The van der Waals surface area contributed by atoms with E-state index in [1.165, 1.54) is 6.92 Å². The predicted molar refractivity (Wildman–Crippen MR) is 106 cm³/mol. The lowest BCUT2D eigenvalue weighted by Gasteiger charge is -2.34. The third-order valence-electron chi connectivity index (χ3n) is 3.41. The maximum absolute atomic E-state index is 11.0. The first-order valence-corrected chi connectivity index (χ1v) is 8.40. The molecule has 0 aliphatic heterocycles. The fourth-order valence-corrected chi connectivity index (χ4v) is 2.87. The highest BCUT2D eigenvalue weighted by Gasteiger charge is 2.25. The molecule has 0 fully saturated rings. The summed E-state index contributed by atoms with van der Waals surface area (Å²) < 4.78 is 5.59. The number of β-amino-alcohol motifs (C(OH)–C–C–N with tert-alkyl or cyclic N) is 1. The van der Waals surface area contributed by atoms with Crippen LogP contribution in [0.2, 0.25) is 0 Å². The van der Waals surface area contributed by atoms with Gasteiger partial charge in [-0.2, -0.15) is 0 Å². The van der Waals surface area contributed by atoms with Crippen LogP contribution in [-0.2, 0) is 4.79 Å². The summed E-state index contributed by atoms with van der Waals surface area (Å²) >= 11 is 0. The first-order valence-electron chi connectivity index (χ1n) is 8.40. The van der Waals surface area contributed by atoms with E-state index in [0.29, 0.717) is 12.3 Å². The van der Waals surface area contributed by atoms with Crippen molar-refractivity contribution in [3.63, 3.8) is 0 Å². The van der Waals surface area contributed by atoms with E-state index < -0.39 is 6.10 Å². The Morgan fingerprint density at radius 3 is 2.20 bits per heavy atom. The molecule has 0 saturated heterocycles. The van der Waals surface area contributed by atoms with Gasteiger partial charge in [0.05, 0.1) is 0 Å². The molecule has 6 heteroatoms. The molecule has 0 radical (unpaired) electrons. The summed E-state index contributed by atoms with van der Waals surface area (Å²) in [6, 6.07) is 7.09. The average Bonchev–Trinajstić information content (AvgIpc) is 2.41. The number of amides is 1. The standard InChI is InChI=1S/C19H32N2O3.ClH/c1-14(22)21-15-7-9-17(10-8-15)24-12-16(23)11-20-19(5,6)13-18(2,3)4;/h7-10,16,20,23H,11-13H2,1-6H3,(H,21,22);1H. The van der Waals surface area contributed by atoms with E-state index in [2.05, 4.69) is 45.3 Å². The summed E-state index contributed by atoms with van der Waals surface area (Å²) in [6.07, 6.45) is 0.428. The largest absolute Gasteiger partial charge is 0.491 e. The first-order chi connectivity index (χ1) is 11.0. The van der Waals surface area contributed by atoms with Crippen molar-refractivity contribution in [3.05, 3.63) is 24.3 Å². The van der Waals surface area contributed by atoms with Crippen molar-refractivity contribution in [2.75, 3.05) is 18.5 Å². The van der Waals surface area contributed by atoms with Gasteiger partial charge in [0.2, 0.25) is 5.91 Å². The van der Waals surface area contributed by atoms with Crippen LogP contribution in [0.3, 0.4) is 0 Å². The van der Waals surface area contributed by atoms with Gasteiger partial charge >= 0.3 is 0 Å². The van der Waals surface area contributed by atoms with Gasteiger partial charge in [0.15, 0.2) is 0 Å². The number of ether oxygens (including phenoxy) is 1. The van der Waals surface area contributed by atoms with Crippen molar-refractivity contribution in [1.29, 1.82) is 0 Å². The molecular weight excluding hydrogens is 340 g/mol. The van der Waals surface area contributed by atoms with Gasteiger partial charge in [0.25, 0.3) is 0 Å². The molecule has 1 atom stereocenters. The molecule has 0 bridgehead atoms. The number of aliphatic hydroxyl groups is 1. The van der Waals surface area contributed by atoms with Gasteiger partial charge in [0, 0.05) is 24.7 Å². The van der Waals surface area contributed by atoms with Crippen LogP contribution in [0.25, 0.3) is 0 Å². The monoisotopic (exact) mass is 372 g/mol. The molecule has 1 aromatic rings. The van der Waals surface area contributed by atoms with Gasteiger partial charge in [-0.1, -0.05) is 20.8 Å². The maximum atomic E-state index is 11.0. The zero-order chi connectivity index (χ0) is 18.4. The molecule has 1 rings (SSSR count). The van der Waals surface area contributed by atoms with Crippen LogP contribution in [0.5, 0.6) is 5.75 Å². The number of nitrogens with one attached hydrogen (secondary N) is 2. The Morgan fingerprint density at radius 2 is 1.72 bits per heavy atom. The topological polar surface area (TPSA) is 70.6 Å². The van der Waals surface area contributed by atoms with Gasteiger partial charge < -0.3 is 20.5 Å². The molecule has 0 aromatic heterocycles. The normalized spacial score (nSPS) is 12.9. The Hall–Kier alpha value is -1.30. The second-order valence-corrected chi connectivity index (χ2v) is 8.17. The van der Waals surface area contributed by atoms with Crippen LogP contribution in [0.4, 0.5) is 5.69 Å². The maximum Gasteiger partial charge on any atom is 0.221 e. The summed E-state index contributed by atoms with van der Waals surface area (Å²) in [4.78, 5) is 11.0. The first kappa shape index (κ1) is 23.7. The second-order valence-electron chi connectivity index (χ2n) is 8.17. The molecule has 0 aliphatic carbocycles. The van der Waals surface area contributed by atoms with E-state index in [1.807, 2.05) is 0 Å². The SMILES string of the molecule is CC(=O)Nc1ccc(OCC(O)CNC(C)(C)CC(C)(C)C)cc1.Cl. The number of rotatable bonds is 8. The molecule has 25 heavy (non-hydrogen) atoms. The smallest absolute Gasteiger partial charge is 0.221 e. The minimum Gasteiger partial charge on any atom is -0.491 e. The summed E-state index contributed by atoms with van der Waals surface area (Å²) in [5, 5.41) is 16.2. The van der Waals surface area contributed by atoms with Crippen LogP contribution in [0.15, 0.2) is 24.3 Å². The molecule has 144 valence electrons. The summed E-state index contributed by atoms with van der Waals surface area (Å²) in [5.41, 5.74) is 0.910. The summed E-state index contributed by atoms with van der Waals surface area (Å²) in [5.74, 6) is 0.556. The fraction of sp³-hybridized carbons (Fsp3) is 0.632. The Labute approximate surface area is 157 Å². The van der Waals surface area contributed by atoms with E-state index in [4.69, 9.17) is 4.74 Å². The van der Waals surface area contributed by atoms with Crippen LogP contribution >= 0.6 is 12.4 Å². The number of hydrogen-bond acceptors (Lipinski definition) is 4. The molecule has 5 nitrogen and oxygen atoms in total. The third kappa shape index (κ3) is 11.0. The number of halogens is 1. The van der Waals surface area contributed by atoms with Crippen molar-refractivity contribution in [2.45, 2.75) is 59.6 Å². The Morgan fingerprint density at radius 1 is 1.16 bits per heavy atom.